The number of hydrogen-bond donors (Lipinski definition) is 0. The van der Waals surface area contributed by atoms with Gasteiger partial charge < -0.3 is 0 Å². The molecule has 1 aromatic heterocycles. The van der Waals surface area contributed by atoms with E-state index < -0.39 is 10.0 Å². The van der Waals surface area contributed by atoms with E-state index in [0.29, 0.717) is 5.56 Å². The monoisotopic (exact) mass is 336 g/mol. The third-order valence-corrected chi connectivity index (χ3v) is 5.77. The Morgan fingerprint density at radius 3 is 2.64 bits per heavy atom. The van der Waals surface area contributed by atoms with Crippen LogP contribution in [-0.2, 0) is 10.0 Å². The molecule has 116 valence electrons. The Morgan fingerprint density at radius 2 is 2.05 bits per heavy atom. The minimum absolute atomic E-state index is 0.103. The number of thiazole rings is 1. The molecule has 0 saturated carbocycles. The van der Waals surface area contributed by atoms with Gasteiger partial charge in [-0.1, -0.05) is 12.1 Å². The number of benzene rings is 1. The molecule has 5 nitrogen and oxygen atoms in total. The summed E-state index contributed by atoms with van der Waals surface area (Å²) in [6.45, 7) is 1.87. The first-order valence-corrected chi connectivity index (χ1v) is 8.79. The lowest BCUT2D eigenvalue weighted by molar-refractivity contribution is 0.104. The van der Waals surface area contributed by atoms with E-state index in [2.05, 4.69) is 4.98 Å². The first-order valence-electron chi connectivity index (χ1n) is 6.47. The van der Waals surface area contributed by atoms with Gasteiger partial charge in [0.2, 0.25) is 10.0 Å². The van der Waals surface area contributed by atoms with Gasteiger partial charge >= 0.3 is 0 Å². The maximum Gasteiger partial charge on any atom is 0.242 e. The normalized spacial score (nSPS) is 12.2. The number of hydrogen-bond acceptors (Lipinski definition) is 5. The molecule has 0 unspecified atom stereocenters. The van der Waals surface area contributed by atoms with Gasteiger partial charge in [-0.25, -0.2) is 17.7 Å². The number of aryl methyl sites for hydroxylation is 1. The van der Waals surface area contributed by atoms with E-state index in [1.165, 1.54) is 43.6 Å². The summed E-state index contributed by atoms with van der Waals surface area (Å²) in [5.41, 5.74) is 2.91. The molecular weight excluding hydrogens is 320 g/mol. The number of nitrogens with zero attached hydrogens (tertiary/aromatic N) is 2. The third kappa shape index (κ3) is 3.49. The van der Waals surface area contributed by atoms with Crippen molar-refractivity contribution in [2.45, 2.75) is 11.8 Å². The zero-order chi connectivity index (χ0) is 16.3. The van der Waals surface area contributed by atoms with Crippen LogP contribution >= 0.6 is 11.3 Å². The van der Waals surface area contributed by atoms with E-state index in [-0.39, 0.29) is 10.7 Å². The molecule has 1 heterocycles. The molecule has 1 aromatic carbocycles. The predicted octanol–water partition coefficient (Wildman–Crippen LogP) is 2.60. The van der Waals surface area contributed by atoms with E-state index in [1.807, 2.05) is 6.92 Å². The van der Waals surface area contributed by atoms with E-state index >= 15 is 0 Å². The Kier molecular flexibility index (Phi) is 4.90. The quantitative estimate of drug-likeness (QED) is 0.622. The second kappa shape index (κ2) is 6.51. The minimum atomic E-state index is -3.55. The Morgan fingerprint density at radius 1 is 1.32 bits per heavy atom. The Bertz CT molecular complexity index is 821. The summed E-state index contributed by atoms with van der Waals surface area (Å²) in [6, 6.07) is 6.03. The number of sulfonamides is 1. The van der Waals surface area contributed by atoms with Gasteiger partial charge in [0.15, 0.2) is 5.78 Å². The molecule has 22 heavy (non-hydrogen) atoms. The average Bonchev–Trinajstić information content (AvgIpc) is 2.90. The fourth-order valence-electron chi connectivity index (χ4n) is 1.74. The van der Waals surface area contributed by atoms with Gasteiger partial charge in [0.05, 0.1) is 16.1 Å². The molecule has 2 aromatic rings. The standard InChI is InChI=1S/C15H16N2O3S2/c1-11-15(21-10-16-11)8-7-14(18)12-5-4-6-13(9-12)22(19,20)17(2)3/h4-10H,1-3H3. The summed E-state index contributed by atoms with van der Waals surface area (Å²) in [5, 5.41) is 0. The Hall–Kier alpha value is -1.83. The fourth-order valence-corrected chi connectivity index (χ4v) is 3.38. The van der Waals surface area contributed by atoms with Crippen LogP contribution in [0.2, 0.25) is 0 Å². The Balaban J connectivity index is 2.29. The van der Waals surface area contributed by atoms with Crippen LogP contribution in [0.1, 0.15) is 20.9 Å². The number of rotatable bonds is 5. The van der Waals surface area contributed by atoms with Crippen molar-refractivity contribution in [1.29, 1.82) is 0 Å². The Labute approximate surface area is 134 Å². The smallest absolute Gasteiger partial charge is 0.242 e. The zero-order valence-corrected chi connectivity index (χ0v) is 14.1. The minimum Gasteiger partial charge on any atom is -0.289 e. The van der Waals surface area contributed by atoms with Gasteiger partial charge in [0, 0.05) is 24.5 Å². The van der Waals surface area contributed by atoms with Gasteiger partial charge in [-0.2, -0.15) is 0 Å². The highest BCUT2D eigenvalue weighted by Gasteiger charge is 2.18. The molecule has 0 aliphatic rings. The van der Waals surface area contributed by atoms with Crippen molar-refractivity contribution in [1.82, 2.24) is 9.29 Å². The second-order valence-electron chi connectivity index (χ2n) is 4.81. The highest BCUT2D eigenvalue weighted by Crippen LogP contribution is 2.17. The molecule has 7 heteroatoms. The molecular formula is C15H16N2O3S2. The average molecular weight is 336 g/mol. The maximum atomic E-state index is 12.2. The summed E-state index contributed by atoms with van der Waals surface area (Å²) in [5.74, 6) is -0.247. The van der Waals surface area contributed by atoms with Crippen molar-refractivity contribution >= 4 is 33.2 Å². The van der Waals surface area contributed by atoms with E-state index in [4.69, 9.17) is 0 Å². The van der Waals surface area contributed by atoms with E-state index in [0.717, 1.165) is 14.9 Å². The van der Waals surface area contributed by atoms with Gasteiger partial charge in [0.25, 0.3) is 0 Å². The highest BCUT2D eigenvalue weighted by molar-refractivity contribution is 7.89. The van der Waals surface area contributed by atoms with Crippen LogP contribution in [0.5, 0.6) is 0 Å². The second-order valence-corrected chi connectivity index (χ2v) is 7.85. The van der Waals surface area contributed by atoms with Crippen molar-refractivity contribution < 1.29 is 13.2 Å². The van der Waals surface area contributed by atoms with Crippen LogP contribution in [0.4, 0.5) is 0 Å². The van der Waals surface area contributed by atoms with Crippen molar-refractivity contribution in [3.05, 3.63) is 52.0 Å². The number of aromatic nitrogens is 1. The van der Waals surface area contributed by atoms with Crippen LogP contribution < -0.4 is 0 Å². The molecule has 0 aliphatic heterocycles. The lowest BCUT2D eigenvalue weighted by Gasteiger charge is -2.11. The van der Waals surface area contributed by atoms with Crippen LogP contribution in [-0.4, -0.2) is 37.6 Å². The highest BCUT2D eigenvalue weighted by atomic mass is 32.2. The summed E-state index contributed by atoms with van der Waals surface area (Å²) in [7, 11) is -0.639. The van der Waals surface area contributed by atoms with Crippen LogP contribution in [0.3, 0.4) is 0 Å². The first-order chi connectivity index (χ1) is 10.3. The lowest BCUT2D eigenvalue weighted by atomic mass is 10.1. The van der Waals surface area contributed by atoms with Crippen molar-refractivity contribution in [2.75, 3.05) is 14.1 Å². The van der Waals surface area contributed by atoms with Gasteiger partial charge in [-0.3, -0.25) is 4.79 Å². The summed E-state index contributed by atoms with van der Waals surface area (Å²) >= 11 is 1.45. The lowest BCUT2D eigenvalue weighted by Crippen LogP contribution is -2.22. The van der Waals surface area contributed by atoms with E-state index in [9.17, 15) is 13.2 Å². The molecule has 0 spiro atoms. The molecule has 0 fully saturated rings. The number of ketones is 1. The van der Waals surface area contributed by atoms with Crippen molar-refractivity contribution in [3.8, 4) is 0 Å². The largest absolute Gasteiger partial charge is 0.289 e. The van der Waals surface area contributed by atoms with E-state index in [1.54, 1.807) is 23.7 Å². The number of carbonyl (C=O) groups is 1. The molecule has 0 bridgehead atoms. The van der Waals surface area contributed by atoms with Crippen LogP contribution in [0.25, 0.3) is 6.08 Å². The van der Waals surface area contributed by atoms with Gasteiger partial charge in [0.1, 0.15) is 0 Å². The summed E-state index contributed by atoms with van der Waals surface area (Å²) in [4.78, 5) is 17.3. The SMILES string of the molecule is Cc1ncsc1C=CC(=O)c1cccc(S(=O)(=O)N(C)C)c1. The summed E-state index contributed by atoms with van der Waals surface area (Å²) < 4.78 is 25.3. The zero-order valence-electron chi connectivity index (χ0n) is 12.5. The molecule has 0 amide bonds. The molecule has 2 rings (SSSR count). The van der Waals surface area contributed by atoms with Crippen molar-refractivity contribution in [3.63, 3.8) is 0 Å². The van der Waals surface area contributed by atoms with Gasteiger partial charge in [-0.05, 0) is 31.2 Å². The molecule has 0 atom stereocenters. The summed E-state index contributed by atoms with van der Waals surface area (Å²) in [6.07, 6.45) is 3.13. The first kappa shape index (κ1) is 16.5. The van der Waals surface area contributed by atoms with Crippen LogP contribution in [0.15, 0.2) is 40.7 Å². The molecule has 0 N–H and O–H groups in total. The molecule has 0 radical (unpaired) electrons. The fraction of sp³-hybridized carbons (Fsp3) is 0.200. The molecule has 0 saturated heterocycles. The number of allylic oxidation sites excluding steroid dienone is 1. The van der Waals surface area contributed by atoms with Crippen molar-refractivity contribution in [2.24, 2.45) is 0 Å². The van der Waals surface area contributed by atoms with Crippen LogP contribution in [0, 0.1) is 6.92 Å². The molecule has 0 aliphatic carbocycles. The predicted molar refractivity (Wildman–Crippen MR) is 87.5 cm³/mol. The number of carbonyl (C=O) groups excluding carboxylic acids is 1. The maximum absolute atomic E-state index is 12.2. The third-order valence-electron chi connectivity index (χ3n) is 3.07. The van der Waals surface area contributed by atoms with Gasteiger partial charge in [-0.15, -0.1) is 11.3 Å². The topological polar surface area (TPSA) is 67.3 Å².